The Balaban J connectivity index is 2.23. The molecule has 0 amide bonds. The third-order valence-electron chi connectivity index (χ3n) is 2.43. The van der Waals surface area contributed by atoms with Crippen molar-refractivity contribution in [3.63, 3.8) is 0 Å². The van der Waals surface area contributed by atoms with Crippen LogP contribution in [0.2, 0.25) is 0 Å². The number of hydrogen-bond acceptors (Lipinski definition) is 3. The standard InChI is InChI=1S/C13H14N2O3/c1-2-18-13(17)9-10-8-12(16)15(14-10)11-6-4-3-5-7-11/h3-8,14H,2,9H2,1H3. The van der Waals surface area contributed by atoms with Gasteiger partial charge in [0, 0.05) is 11.8 Å². The number of nitrogens with zero attached hydrogens (tertiary/aromatic N) is 1. The first-order valence-electron chi connectivity index (χ1n) is 5.72. The second-order valence-corrected chi connectivity index (χ2v) is 3.77. The maximum Gasteiger partial charge on any atom is 0.311 e. The highest BCUT2D eigenvalue weighted by Crippen LogP contribution is 2.04. The highest BCUT2D eigenvalue weighted by Gasteiger charge is 2.09. The molecule has 5 nitrogen and oxygen atoms in total. The largest absolute Gasteiger partial charge is 0.466 e. The number of para-hydroxylation sites is 1. The fraction of sp³-hybridized carbons (Fsp3) is 0.231. The molecule has 2 rings (SSSR count). The van der Waals surface area contributed by atoms with Crippen LogP contribution in [0, 0.1) is 0 Å². The Bertz CT molecular complexity index is 584. The lowest BCUT2D eigenvalue weighted by Gasteiger charge is -2.01. The van der Waals surface area contributed by atoms with Crippen molar-refractivity contribution in [2.24, 2.45) is 0 Å². The van der Waals surface area contributed by atoms with Gasteiger partial charge in [-0.05, 0) is 19.1 Å². The number of benzene rings is 1. The third-order valence-corrected chi connectivity index (χ3v) is 2.43. The third kappa shape index (κ3) is 2.68. The predicted octanol–water partition coefficient (Wildman–Crippen LogP) is 1.27. The Hall–Kier alpha value is -2.30. The van der Waals surface area contributed by atoms with Crippen LogP contribution in [0.1, 0.15) is 12.6 Å². The van der Waals surface area contributed by atoms with Gasteiger partial charge in [-0.25, -0.2) is 4.68 Å². The normalized spacial score (nSPS) is 10.3. The van der Waals surface area contributed by atoms with Crippen LogP contribution in [-0.2, 0) is 16.0 Å². The van der Waals surface area contributed by atoms with Crippen LogP contribution < -0.4 is 5.56 Å². The molecule has 0 spiro atoms. The van der Waals surface area contributed by atoms with Gasteiger partial charge in [0.1, 0.15) is 0 Å². The molecule has 1 aromatic carbocycles. The average Bonchev–Trinajstić information content (AvgIpc) is 2.71. The Morgan fingerprint density at radius 3 is 2.72 bits per heavy atom. The summed E-state index contributed by atoms with van der Waals surface area (Å²) in [7, 11) is 0. The summed E-state index contributed by atoms with van der Waals surface area (Å²) in [5, 5.41) is 2.89. The molecule has 0 fully saturated rings. The lowest BCUT2D eigenvalue weighted by Crippen LogP contribution is -2.13. The summed E-state index contributed by atoms with van der Waals surface area (Å²) in [6, 6.07) is 10.6. The average molecular weight is 246 g/mol. The molecular weight excluding hydrogens is 232 g/mol. The van der Waals surface area contributed by atoms with Crippen molar-refractivity contribution < 1.29 is 9.53 Å². The monoisotopic (exact) mass is 246 g/mol. The topological polar surface area (TPSA) is 64.1 Å². The second-order valence-electron chi connectivity index (χ2n) is 3.77. The van der Waals surface area contributed by atoms with Crippen molar-refractivity contribution in [3.8, 4) is 5.69 Å². The molecule has 0 unspecified atom stereocenters. The van der Waals surface area contributed by atoms with E-state index in [0.717, 1.165) is 5.69 Å². The minimum Gasteiger partial charge on any atom is -0.466 e. The highest BCUT2D eigenvalue weighted by molar-refractivity contribution is 5.71. The van der Waals surface area contributed by atoms with E-state index in [0.29, 0.717) is 12.3 Å². The first-order valence-corrected chi connectivity index (χ1v) is 5.72. The Morgan fingerprint density at radius 1 is 1.33 bits per heavy atom. The molecule has 0 aliphatic rings. The van der Waals surface area contributed by atoms with Crippen molar-refractivity contribution in [2.75, 3.05) is 6.61 Å². The van der Waals surface area contributed by atoms with Crippen molar-refractivity contribution >= 4 is 5.97 Å². The summed E-state index contributed by atoms with van der Waals surface area (Å²) >= 11 is 0. The Kier molecular flexibility index (Phi) is 3.62. The summed E-state index contributed by atoms with van der Waals surface area (Å²) in [6.07, 6.45) is 0.0723. The molecule has 1 aromatic heterocycles. The van der Waals surface area contributed by atoms with Crippen LogP contribution in [-0.4, -0.2) is 22.4 Å². The van der Waals surface area contributed by atoms with Gasteiger partial charge in [-0.3, -0.25) is 14.7 Å². The molecular formula is C13H14N2O3. The quantitative estimate of drug-likeness (QED) is 0.826. The number of ether oxygens (including phenoxy) is 1. The van der Waals surface area contributed by atoms with Crippen molar-refractivity contribution in [2.45, 2.75) is 13.3 Å². The van der Waals surface area contributed by atoms with Crippen molar-refractivity contribution in [1.29, 1.82) is 0 Å². The van der Waals surface area contributed by atoms with Crippen LogP contribution in [0.3, 0.4) is 0 Å². The molecule has 0 aliphatic carbocycles. The van der Waals surface area contributed by atoms with Gasteiger partial charge in [0.25, 0.3) is 5.56 Å². The second kappa shape index (κ2) is 5.35. The van der Waals surface area contributed by atoms with Gasteiger partial charge in [0.2, 0.25) is 0 Å². The lowest BCUT2D eigenvalue weighted by atomic mass is 10.3. The van der Waals surface area contributed by atoms with E-state index in [-0.39, 0.29) is 17.9 Å². The van der Waals surface area contributed by atoms with E-state index in [4.69, 9.17) is 4.74 Å². The molecule has 0 saturated heterocycles. The van der Waals surface area contributed by atoms with Gasteiger partial charge >= 0.3 is 5.97 Å². The predicted molar refractivity (Wildman–Crippen MR) is 66.7 cm³/mol. The molecule has 1 heterocycles. The van der Waals surface area contributed by atoms with Gasteiger partial charge in [0.15, 0.2) is 0 Å². The number of carbonyl (C=O) groups excluding carboxylic acids is 1. The number of carbonyl (C=O) groups is 1. The van der Waals surface area contributed by atoms with Gasteiger partial charge < -0.3 is 4.74 Å². The zero-order valence-corrected chi connectivity index (χ0v) is 10.1. The van der Waals surface area contributed by atoms with Gasteiger partial charge in [-0.1, -0.05) is 18.2 Å². The molecule has 0 aliphatic heterocycles. The van der Waals surface area contributed by atoms with E-state index >= 15 is 0 Å². The molecule has 0 saturated carbocycles. The summed E-state index contributed by atoms with van der Waals surface area (Å²) in [5.74, 6) is -0.348. The minimum absolute atomic E-state index is 0.0723. The van der Waals surface area contributed by atoms with Gasteiger partial charge in [-0.2, -0.15) is 0 Å². The Morgan fingerprint density at radius 2 is 2.06 bits per heavy atom. The highest BCUT2D eigenvalue weighted by atomic mass is 16.5. The number of aromatic amines is 1. The Labute approximate surface area is 104 Å². The first kappa shape index (κ1) is 12.2. The molecule has 0 radical (unpaired) electrons. The first-order chi connectivity index (χ1) is 8.70. The van der Waals surface area contributed by atoms with Gasteiger partial charge in [0.05, 0.1) is 18.7 Å². The fourth-order valence-electron chi connectivity index (χ4n) is 1.67. The van der Waals surface area contributed by atoms with E-state index in [2.05, 4.69) is 5.10 Å². The smallest absolute Gasteiger partial charge is 0.311 e. The van der Waals surface area contributed by atoms with Crippen LogP contribution >= 0.6 is 0 Å². The summed E-state index contributed by atoms with van der Waals surface area (Å²) in [4.78, 5) is 23.1. The maximum absolute atomic E-state index is 11.8. The van der Waals surface area contributed by atoms with E-state index in [1.165, 1.54) is 10.7 Å². The van der Waals surface area contributed by atoms with Crippen LogP contribution in [0.15, 0.2) is 41.2 Å². The zero-order chi connectivity index (χ0) is 13.0. The van der Waals surface area contributed by atoms with Crippen LogP contribution in [0.25, 0.3) is 5.69 Å². The summed E-state index contributed by atoms with van der Waals surface area (Å²) in [6.45, 7) is 2.08. The molecule has 0 atom stereocenters. The van der Waals surface area contributed by atoms with Crippen molar-refractivity contribution in [1.82, 2.24) is 9.78 Å². The maximum atomic E-state index is 11.8. The summed E-state index contributed by atoms with van der Waals surface area (Å²) in [5.41, 5.74) is 1.08. The summed E-state index contributed by atoms with van der Waals surface area (Å²) < 4.78 is 6.23. The number of H-pyrrole nitrogens is 1. The van der Waals surface area contributed by atoms with Crippen LogP contribution in [0.4, 0.5) is 0 Å². The van der Waals surface area contributed by atoms with Crippen LogP contribution in [0.5, 0.6) is 0 Å². The van der Waals surface area contributed by atoms with E-state index < -0.39 is 0 Å². The van der Waals surface area contributed by atoms with E-state index in [1.54, 1.807) is 6.92 Å². The number of esters is 1. The van der Waals surface area contributed by atoms with E-state index in [1.807, 2.05) is 30.3 Å². The van der Waals surface area contributed by atoms with Crippen molar-refractivity contribution in [3.05, 3.63) is 52.4 Å². The zero-order valence-electron chi connectivity index (χ0n) is 10.1. The molecule has 1 N–H and O–H groups in total. The number of hydrogen-bond donors (Lipinski definition) is 1. The fourth-order valence-corrected chi connectivity index (χ4v) is 1.67. The molecule has 5 heteroatoms. The molecule has 0 bridgehead atoms. The molecule has 2 aromatic rings. The molecule has 18 heavy (non-hydrogen) atoms. The van der Waals surface area contributed by atoms with E-state index in [9.17, 15) is 9.59 Å². The molecule has 94 valence electrons. The lowest BCUT2D eigenvalue weighted by molar-refractivity contribution is -0.142. The number of rotatable bonds is 4. The number of aromatic nitrogens is 2. The van der Waals surface area contributed by atoms with Gasteiger partial charge in [-0.15, -0.1) is 0 Å². The number of nitrogens with one attached hydrogen (secondary N) is 1. The SMILES string of the molecule is CCOC(=O)Cc1cc(=O)n(-c2ccccc2)[nH]1. The minimum atomic E-state index is -0.348.